The molecule has 0 saturated carbocycles. The van der Waals surface area contributed by atoms with E-state index < -0.39 is 23.8 Å². The van der Waals surface area contributed by atoms with Crippen molar-refractivity contribution in [3.8, 4) is 0 Å². The van der Waals surface area contributed by atoms with Crippen molar-refractivity contribution in [3.05, 3.63) is 76.9 Å². The standard InChI is InChI=1S/C21H18F3NO2/c1-27-20(26)12-9-10-18-16(11-12)13-6-4-7-14(13)19(25-18)15-5-2-3-8-17(15)21(22,23)24/h2-6,8-11,13-14,19,25H,7H2,1H3/t13-,14-,19-/m1/s1. The molecule has 1 heterocycles. The van der Waals surface area contributed by atoms with Gasteiger partial charge in [0, 0.05) is 11.6 Å². The molecule has 0 fully saturated rings. The Labute approximate surface area is 154 Å². The minimum atomic E-state index is -4.41. The van der Waals surface area contributed by atoms with Crippen LogP contribution in [-0.2, 0) is 10.9 Å². The van der Waals surface area contributed by atoms with Crippen LogP contribution in [0, 0.1) is 5.92 Å². The third-order valence-corrected chi connectivity index (χ3v) is 5.39. The molecule has 0 amide bonds. The molecule has 2 aliphatic rings. The Morgan fingerprint density at radius 1 is 1.15 bits per heavy atom. The van der Waals surface area contributed by atoms with Gasteiger partial charge in [-0.2, -0.15) is 13.2 Å². The minimum Gasteiger partial charge on any atom is -0.465 e. The molecule has 1 N–H and O–H groups in total. The number of hydrogen-bond donors (Lipinski definition) is 1. The van der Waals surface area contributed by atoms with E-state index in [1.807, 2.05) is 12.2 Å². The average Bonchev–Trinajstić information content (AvgIpc) is 3.16. The zero-order valence-electron chi connectivity index (χ0n) is 14.6. The van der Waals surface area contributed by atoms with E-state index in [0.29, 0.717) is 12.0 Å². The highest BCUT2D eigenvalue weighted by Crippen LogP contribution is 2.51. The Balaban J connectivity index is 1.79. The van der Waals surface area contributed by atoms with Crippen molar-refractivity contribution in [2.75, 3.05) is 12.4 Å². The highest BCUT2D eigenvalue weighted by molar-refractivity contribution is 5.90. The topological polar surface area (TPSA) is 38.3 Å². The van der Waals surface area contributed by atoms with Gasteiger partial charge < -0.3 is 10.1 Å². The van der Waals surface area contributed by atoms with E-state index in [9.17, 15) is 18.0 Å². The summed E-state index contributed by atoms with van der Waals surface area (Å²) < 4.78 is 45.4. The van der Waals surface area contributed by atoms with Gasteiger partial charge in [0.15, 0.2) is 0 Å². The molecule has 27 heavy (non-hydrogen) atoms. The lowest BCUT2D eigenvalue weighted by atomic mass is 9.75. The number of ether oxygens (including phenoxy) is 1. The first-order valence-electron chi connectivity index (χ1n) is 8.71. The SMILES string of the molecule is COC(=O)c1ccc2c(c1)[C@@H]1C=CC[C@H]1[C@H](c1ccccc1C(F)(F)F)N2. The summed E-state index contributed by atoms with van der Waals surface area (Å²) in [4.78, 5) is 11.8. The number of esters is 1. The Kier molecular flexibility index (Phi) is 4.21. The van der Waals surface area contributed by atoms with Gasteiger partial charge >= 0.3 is 12.1 Å². The van der Waals surface area contributed by atoms with Gasteiger partial charge in [0.25, 0.3) is 0 Å². The molecule has 0 spiro atoms. The first-order valence-corrected chi connectivity index (χ1v) is 8.71. The van der Waals surface area contributed by atoms with Crippen LogP contribution in [0.25, 0.3) is 0 Å². The molecule has 4 rings (SSSR count). The number of hydrogen-bond acceptors (Lipinski definition) is 3. The first-order chi connectivity index (χ1) is 12.9. The smallest absolute Gasteiger partial charge is 0.416 e. The van der Waals surface area contributed by atoms with Crippen LogP contribution in [0.2, 0.25) is 0 Å². The lowest BCUT2D eigenvalue weighted by molar-refractivity contribution is -0.138. The largest absolute Gasteiger partial charge is 0.465 e. The number of nitrogens with one attached hydrogen (secondary N) is 1. The molecule has 2 aromatic rings. The van der Waals surface area contributed by atoms with Gasteiger partial charge in [0.05, 0.1) is 24.3 Å². The molecule has 3 nitrogen and oxygen atoms in total. The normalized spacial score (nSPS) is 23.3. The summed E-state index contributed by atoms with van der Waals surface area (Å²) in [6, 6.07) is 10.4. The fourth-order valence-corrected chi connectivity index (χ4v) is 4.17. The molecular formula is C21H18F3NO2. The second-order valence-electron chi connectivity index (χ2n) is 6.85. The number of allylic oxidation sites excluding steroid dienone is 2. The minimum absolute atomic E-state index is 0.0443. The summed E-state index contributed by atoms with van der Waals surface area (Å²) in [5, 5.41) is 3.29. The molecule has 140 valence electrons. The van der Waals surface area contributed by atoms with E-state index in [-0.39, 0.29) is 17.4 Å². The number of benzene rings is 2. The fraction of sp³-hybridized carbons (Fsp3) is 0.286. The van der Waals surface area contributed by atoms with Crippen LogP contribution in [0.4, 0.5) is 18.9 Å². The molecule has 6 heteroatoms. The Bertz CT molecular complexity index is 920. The summed E-state index contributed by atoms with van der Waals surface area (Å²) in [7, 11) is 1.32. The van der Waals surface area contributed by atoms with Crippen LogP contribution in [0.5, 0.6) is 0 Å². The predicted molar refractivity (Wildman–Crippen MR) is 95.6 cm³/mol. The number of fused-ring (bicyclic) bond motifs is 3. The van der Waals surface area contributed by atoms with Crippen LogP contribution >= 0.6 is 0 Å². The third-order valence-electron chi connectivity index (χ3n) is 5.39. The average molecular weight is 373 g/mol. The number of carbonyl (C=O) groups excluding carboxylic acids is 1. The first kappa shape index (κ1) is 17.6. The maximum atomic E-state index is 13.5. The predicted octanol–water partition coefficient (Wildman–Crippen LogP) is 5.32. The maximum Gasteiger partial charge on any atom is 0.416 e. The van der Waals surface area contributed by atoms with Gasteiger partial charge in [0.1, 0.15) is 0 Å². The number of carbonyl (C=O) groups is 1. The number of alkyl halides is 3. The van der Waals surface area contributed by atoms with Crippen LogP contribution < -0.4 is 5.32 Å². The molecule has 0 unspecified atom stereocenters. The van der Waals surface area contributed by atoms with E-state index in [1.54, 1.807) is 30.3 Å². The van der Waals surface area contributed by atoms with Crippen molar-refractivity contribution in [1.29, 1.82) is 0 Å². The van der Waals surface area contributed by atoms with Crippen molar-refractivity contribution in [2.45, 2.75) is 24.6 Å². The third kappa shape index (κ3) is 2.99. The molecule has 3 atom stereocenters. The van der Waals surface area contributed by atoms with Crippen LogP contribution in [0.1, 0.15) is 45.4 Å². The number of anilines is 1. The summed E-state index contributed by atoms with van der Waals surface area (Å²) >= 11 is 0. The summed E-state index contributed by atoms with van der Waals surface area (Å²) in [6.07, 6.45) is 0.292. The molecule has 0 bridgehead atoms. The van der Waals surface area contributed by atoms with Crippen LogP contribution in [-0.4, -0.2) is 13.1 Å². The van der Waals surface area contributed by atoms with E-state index >= 15 is 0 Å². The summed E-state index contributed by atoms with van der Waals surface area (Å²) in [6.45, 7) is 0. The van der Waals surface area contributed by atoms with Crippen LogP contribution in [0.15, 0.2) is 54.6 Å². The monoisotopic (exact) mass is 373 g/mol. The van der Waals surface area contributed by atoms with Gasteiger partial charge in [-0.05, 0) is 47.7 Å². The lowest BCUT2D eigenvalue weighted by Crippen LogP contribution is -2.31. The van der Waals surface area contributed by atoms with E-state index in [1.165, 1.54) is 13.2 Å². The number of rotatable bonds is 2. The molecule has 0 saturated heterocycles. The zero-order valence-corrected chi connectivity index (χ0v) is 14.6. The van der Waals surface area contributed by atoms with Gasteiger partial charge in [0.2, 0.25) is 0 Å². The number of methoxy groups -OCH3 is 1. The molecular weight excluding hydrogens is 355 g/mol. The number of halogens is 3. The molecule has 1 aliphatic carbocycles. The highest BCUT2D eigenvalue weighted by atomic mass is 19.4. The van der Waals surface area contributed by atoms with Crippen molar-refractivity contribution in [1.82, 2.24) is 0 Å². The molecule has 2 aromatic carbocycles. The van der Waals surface area contributed by atoms with E-state index in [0.717, 1.165) is 17.3 Å². The van der Waals surface area contributed by atoms with Gasteiger partial charge in [-0.25, -0.2) is 4.79 Å². The Morgan fingerprint density at radius 2 is 1.93 bits per heavy atom. The highest BCUT2D eigenvalue weighted by Gasteiger charge is 2.42. The zero-order chi connectivity index (χ0) is 19.2. The second-order valence-corrected chi connectivity index (χ2v) is 6.85. The van der Waals surface area contributed by atoms with Gasteiger partial charge in [-0.1, -0.05) is 30.4 Å². The summed E-state index contributed by atoms with van der Waals surface area (Å²) in [5.74, 6) is -0.521. The second kappa shape index (κ2) is 6.44. The van der Waals surface area contributed by atoms with Crippen molar-refractivity contribution in [3.63, 3.8) is 0 Å². The Morgan fingerprint density at radius 3 is 2.67 bits per heavy atom. The van der Waals surface area contributed by atoms with Crippen molar-refractivity contribution < 1.29 is 22.7 Å². The maximum absolute atomic E-state index is 13.5. The molecule has 0 radical (unpaired) electrons. The van der Waals surface area contributed by atoms with Gasteiger partial charge in [-0.15, -0.1) is 0 Å². The Hall–Kier alpha value is -2.76. The van der Waals surface area contributed by atoms with Crippen molar-refractivity contribution >= 4 is 11.7 Å². The lowest BCUT2D eigenvalue weighted by Gasteiger charge is -2.38. The van der Waals surface area contributed by atoms with E-state index in [4.69, 9.17) is 4.74 Å². The van der Waals surface area contributed by atoms with Crippen molar-refractivity contribution in [2.24, 2.45) is 5.92 Å². The quantitative estimate of drug-likeness (QED) is 0.572. The summed E-state index contributed by atoms with van der Waals surface area (Å²) in [5.41, 5.74) is 1.75. The van der Waals surface area contributed by atoms with Crippen LogP contribution in [0.3, 0.4) is 0 Å². The van der Waals surface area contributed by atoms with Gasteiger partial charge in [-0.3, -0.25) is 0 Å². The van der Waals surface area contributed by atoms with E-state index in [2.05, 4.69) is 5.32 Å². The fourth-order valence-electron chi connectivity index (χ4n) is 4.17. The molecule has 0 aromatic heterocycles. The molecule has 1 aliphatic heterocycles.